The second kappa shape index (κ2) is 6.39. The Hall–Kier alpha value is -1.07. The topological polar surface area (TPSA) is 18.5 Å². The quantitative estimate of drug-likeness (QED) is 0.737. The summed E-state index contributed by atoms with van der Waals surface area (Å²) in [6.45, 7) is 0.288. The maximum absolute atomic E-state index is 13.5. The van der Waals surface area contributed by atoms with Gasteiger partial charge in [0.05, 0.1) is 11.6 Å². The first-order valence-electron chi connectivity index (χ1n) is 5.50. The largest absolute Gasteiger partial charge is 0.496 e. The molecule has 0 saturated heterocycles. The van der Waals surface area contributed by atoms with Gasteiger partial charge < -0.3 is 9.47 Å². The Kier molecular flexibility index (Phi) is 4.82. The molecular weight excluding hydrogens is 379 g/mol. The van der Waals surface area contributed by atoms with Crippen LogP contribution in [0, 0.1) is 5.82 Å². The van der Waals surface area contributed by atoms with Crippen LogP contribution in [-0.2, 0) is 6.61 Å². The van der Waals surface area contributed by atoms with Gasteiger partial charge in [0.2, 0.25) is 0 Å². The third-order valence-electron chi connectivity index (χ3n) is 2.50. The summed E-state index contributed by atoms with van der Waals surface area (Å²) < 4.78 is 25.7. The molecule has 19 heavy (non-hydrogen) atoms. The van der Waals surface area contributed by atoms with Gasteiger partial charge in [-0.05, 0) is 51.8 Å². The maximum atomic E-state index is 13.5. The van der Waals surface area contributed by atoms with Crippen LogP contribution in [0.25, 0.3) is 0 Å². The molecule has 0 aliphatic rings. The lowest BCUT2D eigenvalue weighted by molar-refractivity contribution is 0.290. The van der Waals surface area contributed by atoms with Crippen LogP contribution >= 0.6 is 31.9 Å². The standard InChI is InChI=1S/C14H11Br2FO2/c1-18-13-5-2-9(6-11(13)16)8-19-14-7-10(15)3-4-12(14)17/h2-7H,8H2,1H3. The van der Waals surface area contributed by atoms with Gasteiger partial charge in [0.15, 0.2) is 11.6 Å². The zero-order chi connectivity index (χ0) is 13.8. The molecule has 0 aromatic heterocycles. The zero-order valence-electron chi connectivity index (χ0n) is 10.1. The summed E-state index contributed by atoms with van der Waals surface area (Å²) >= 11 is 6.68. The van der Waals surface area contributed by atoms with E-state index >= 15 is 0 Å². The van der Waals surface area contributed by atoms with E-state index in [9.17, 15) is 4.39 Å². The van der Waals surface area contributed by atoms with Crippen molar-refractivity contribution in [1.82, 2.24) is 0 Å². The summed E-state index contributed by atoms with van der Waals surface area (Å²) in [5.74, 6) is 0.592. The number of halogens is 3. The molecule has 2 rings (SSSR count). The summed E-state index contributed by atoms with van der Waals surface area (Å²) in [6.07, 6.45) is 0. The molecule has 0 atom stereocenters. The van der Waals surface area contributed by atoms with Gasteiger partial charge in [0, 0.05) is 4.47 Å². The van der Waals surface area contributed by atoms with Crippen LogP contribution in [0.4, 0.5) is 4.39 Å². The van der Waals surface area contributed by atoms with Crippen molar-refractivity contribution < 1.29 is 13.9 Å². The average Bonchev–Trinajstić information content (AvgIpc) is 2.40. The van der Waals surface area contributed by atoms with Crippen molar-refractivity contribution in [1.29, 1.82) is 0 Å². The van der Waals surface area contributed by atoms with E-state index in [1.807, 2.05) is 18.2 Å². The van der Waals surface area contributed by atoms with Crippen LogP contribution in [0.3, 0.4) is 0 Å². The van der Waals surface area contributed by atoms with E-state index in [1.54, 1.807) is 19.2 Å². The summed E-state index contributed by atoms with van der Waals surface area (Å²) in [5, 5.41) is 0. The molecule has 100 valence electrons. The first kappa shape index (κ1) is 14.3. The molecule has 0 saturated carbocycles. The smallest absolute Gasteiger partial charge is 0.165 e. The highest BCUT2D eigenvalue weighted by Gasteiger charge is 2.06. The molecule has 0 unspecified atom stereocenters. The Morgan fingerprint density at radius 3 is 2.53 bits per heavy atom. The molecule has 0 aliphatic heterocycles. The van der Waals surface area contributed by atoms with Crippen molar-refractivity contribution in [3.05, 3.63) is 56.7 Å². The molecule has 5 heteroatoms. The lowest BCUT2D eigenvalue weighted by Gasteiger charge is -2.09. The number of benzene rings is 2. The van der Waals surface area contributed by atoms with Gasteiger partial charge in [0.1, 0.15) is 12.4 Å². The van der Waals surface area contributed by atoms with Crippen LogP contribution < -0.4 is 9.47 Å². The number of rotatable bonds is 4. The molecule has 2 nitrogen and oxygen atoms in total. The Morgan fingerprint density at radius 1 is 1.05 bits per heavy atom. The number of methoxy groups -OCH3 is 1. The molecular formula is C14H11Br2FO2. The fourth-order valence-electron chi connectivity index (χ4n) is 1.55. The summed E-state index contributed by atoms with van der Waals surface area (Å²) in [4.78, 5) is 0. The van der Waals surface area contributed by atoms with Crippen molar-refractivity contribution in [3.63, 3.8) is 0 Å². The van der Waals surface area contributed by atoms with Crippen LogP contribution in [0.2, 0.25) is 0 Å². The second-order valence-electron chi connectivity index (χ2n) is 3.83. The highest BCUT2D eigenvalue weighted by molar-refractivity contribution is 9.10. The molecule has 0 bridgehead atoms. The van der Waals surface area contributed by atoms with Crippen molar-refractivity contribution in [2.75, 3.05) is 7.11 Å². The van der Waals surface area contributed by atoms with E-state index in [4.69, 9.17) is 9.47 Å². The third-order valence-corrected chi connectivity index (χ3v) is 3.62. The van der Waals surface area contributed by atoms with Gasteiger partial charge in [-0.15, -0.1) is 0 Å². The Morgan fingerprint density at radius 2 is 1.84 bits per heavy atom. The van der Waals surface area contributed by atoms with E-state index in [0.29, 0.717) is 0 Å². The average molecular weight is 390 g/mol. The van der Waals surface area contributed by atoms with E-state index in [2.05, 4.69) is 31.9 Å². The van der Waals surface area contributed by atoms with Gasteiger partial charge in [-0.25, -0.2) is 4.39 Å². The van der Waals surface area contributed by atoms with Gasteiger partial charge >= 0.3 is 0 Å². The fraction of sp³-hybridized carbons (Fsp3) is 0.143. The SMILES string of the molecule is COc1ccc(COc2cc(Br)ccc2F)cc1Br. The lowest BCUT2D eigenvalue weighted by Crippen LogP contribution is -1.98. The van der Waals surface area contributed by atoms with Crippen LogP contribution in [0.5, 0.6) is 11.5 Å². The fourth-order valence-corrected chi connectivity index (χ4v) is 2.48. The van der Waals surface area contributed by atoms with Crippen molar-refractivity contribution in [2.24, 2.45) is 0 Å². The number of hydrogen-bond acceptors (Lipinski definition) is 2. The Labute approximate surface area is 127 Å². The minimum absolute atomic E-state index is 0.223. The molecule has 2 aromatic carbocycles. The first-order valence-corrected chi connectivity index (χ1v) is 7.09. The van der Waals surface area contributed by atoms with Crippen molar-refractivity contribution in [2.45, 2.75) is 6.61 Å². The van der Waals surface area contributed by atoms with Gasteiger partial charge in [-0.1, -0.05) is 22.0 Å². The van der Waals surface area contributed by atoms with Crippen molar-refractivity contribution in [3.8, 4) is 11.5 Å². The number of ether oxygens (including phenoxy) is 2. The predicted octanol–water partition coefficient (Wildman–Crippen LogP) is 4.94. The monoisotopic (exact) mass is 388 g/mol. The minimum atomic E-state index is -0.379. The zero-order valence-corrected chi connectivity index (χ0v) is 13.3. The summed E-state index contributed by atoms with van der Waals surface area (Å²) in [6, 6.07) is 10.2. The van der Waals surface area contributed by atoms with Gasteiger partial charge in [-0.3, -0.25) is 0 Å². The van der Waals surface area contributed by atoms with E-state index in [0.717, 1.165) is 20.3 Å². The van der Waals surface area contributed by atoms with Crippen molar-refractivity contribution >= 4 is 31.9 Å². The first-order chi connectivity index (χ1) is 9.10. The molecule has 0 aliphatic carbocycles. The van der Waals surface area contributed by atoms with E-state index in [-0.39, 0.29) is 18.2 Å². The Bertz CT molecular complexity index is 588. The summed E-state index contributed by atoms with van der Waals surface area (Å²) in [5.41, 5.74) is 0.923. The van der Waals surface area contributed by atoms with E-state index < -0.39 is 0 Å². The molecule has 0 radical (unpaired) electrons. The molecule has 0 heterocycles. The van der Waals surface area contributed by atoms with Crippen LogP contribution in [0.1, 0.15) is 5.56 Å². The summed E-state index contributed by atoms with van der Waals surface area (Å²) in [7, 11) is 1.60. The third kappa shape index (κ3) is 3.70. The Balaban J connectivity index is 2.10. The molecule has 0 N–H and O–H groups in total. The molecule has 0 spiro atoms. The van der Waals surface area contributed by atoms with Gasteiger partial charge in [0.25, 0.3) is 0 Å². The maximum Gasteiger partial charge on any atom is 0.165 e. The number of hydrogen-bond donors (Lipinski definition) is 0. The van der Waals surface area contributed by atoms with Gasteiger partial charge in [-0.2, -0.15) is 0 Å². The highest BCUT2D eigenvalue weighted by atomic mass is 79.9. The minimum Gasteiger partial charge on any atom is -0.496 e. The van der Waals surface area contributed by atoms with Crippen LogP contribution in [-0.4, -0.2) is 7.11 Å². The highest BCUT2D eigenvalue weighted by Crippen LogP contribution is 2.27. The molecule has 0 amide bonds. The normalized spacial score (nSPS) is 10.3. The van der Waals surface area contributed by atoms with E-state index in [1.165, 1.54) is 6.07 Å². The predicted molar refractivity (Wildman–Crippen MR) is 79.1 cm³/mol. The van der Waals surface area contributed by atoms with Crippen LogP contribution in [0.15, 0.2) is 45.3 Å². The molecule has 2 aromatic rings. The second-order valence-corrected chi connectivity index (χ2v) is 5.60. The molecule has 0 fully saturated rings. The lowest BCUT2D eigenvalue weighted by atomic mass is 10.2.